The van der Waals surface area contributed by atoms with Crippen molar-refractivity contribution in [1.29, 1.82) is 0 Å². The second-order valence-electron chi connectivity index (χ2n) is 5.53. The molecule has 0 radical (unpaired) electrons. The number of ether oxygens (including phenoxy) is 1. The summed E-state index contributed by atoms with van der Waals surface area (Å²) in [6.45, 7) is 0.499. The molecular weight excluding hydrogens is 340 g/mol. The first-order chi connectivity index (χ1) is 11.6. The summed E-state index contributed by atoms with van der Waals surface area (Å²) in [4.78, 5) is 23.4. The lowest BCUT2D eigenvalue weighted by atomic mass is 10.1. The van der Waals surface area contributed by atoms with Crippen LogP contribution in [0.15, 0.2) is 54.6 Å². The molecule has 3 N–H and O–H groups in total. The fraction of sp³-hybridized carbons (Fsp3) is 0.263. The number of esters is 1. The number of amides is 1. The van der Waals surface area contributed by atoms with Crippen LogP contribution in [-0.2, 0) is 22.4 Å². The van der Waals surface area contributed by atoms with Gasteiger partial charge in [0.2, 0.25) is 5.91 Å². The standard InChI is InChI=1S/C19H22N2O3.ClH/c1-24-19(23)16-9-7-14(8-10-16)11-12-21-18(22)17(20)13-15-5-3-2-4-6-15;/h2-10,17H,11-13,20H2,1H3,(H,21,22);1H/t17-;/m0./s1. The summed E-state index contributed by atoms with van der Waals surface area (Å²) in [5.74, 6) is -0.522. The Balaban J connectivity index is 0.00000312. The van der Waals surface area contributed by atoms with E-state index in [1.165, 1.54) is 7.11 Å². The Kier molecular flexibility index (Phi) is 8.67. The molecule has 0 fully saturated rings. The van der Waals surface area contributed by atoms with Gasteiger partial charge in [0.25, 0.3) is 0 Å². The normalized spacial score (nSPS) is 11.1. The maximum atomic E-state index is 12.0. The average Bonchev–Trinajstić information content (AvgIpc) is 2.62. The third-order valence-corrected chi connectivity index (χ3v) is 3.72. The van der Waals surface area contributed by atoms with Gasteiger partial charge >= 0.3 is 5.97 Å². The Morgan fingerprint density at radius 2 is 1.68 bits per heavy atom. The van der Waals surface area contributed by atoms with Crippen LogP contribution >= 0.6 is 12.4 Å². The number of carbonyl (C=O) groups is 2. The highest BCUT2D eigenvalue weighted by molar-refractivity contribution is 5.89. The van der Waals surface area contributed by atoms with Gasteiger partial charge in [0, 0.05) is 6.54 Å². The molecule has 2 rings (SSSR count). The number of nitrogens with two attached hydrogens (primary N) is 1. The third-order valence-electron chi connectivity index (χ3n) is 3.72. The van der Waals surface area contributed by atoms with Crippen LogP contribution in [-0.4, -0.2) is 31.6 Å². The lowest BCUT2D eigenvalue weighted by Gasteiger charge is -2.12. The second kappa shape index (κ2) is 10.5. The molecule has 0 saturated heterocycles. The number of hydrogen-bond donors (Lipinski definition) is 2. The van der Waals surface area contributed by atoms with Gasteiger partial charge in [0.15, 0.2) is 0 Å². The van der Waals surface area contributed by atoms with E-state index in [0.717, 1.165) is 11.1 Å². The van der Waals surface area contributed by atoms with E-state index in [1.54, 1.807) is 12.1 Å². The number of halogens is 1. The maximum Gasteiger partial charge on any atom is 0.337 e. The molecule has 0 unspecified atom stereocenters. The van der Waals surface area contributed by atoms with Crippen molar-refractivity contribution >= 4 is 24.3 Å². The van der Waals surface area contributed by atoms with Crippen LogP contribution in [0, 0.1) is 0 Å². The molecule has 0 aliphatic heterocycles. The van der Waals surface area contributed by atoms with Crippen molar-refractivity contribution in [3.8, 4) is 0 Å². The van der Waals surface area contributed by atoms with Gasteiger partial charge < -0.3 is 15.8 Å². The molecule has 6 heteroatoms. The minimum atomic E-state index is -0.561. The Morgan fingerprint density at radius 3 is 2.28 bits per heavy atom. The first-order valence-corrected chi connectivity index (χ1v) is 7.84. The molecule has 2 aromatic carbocycles. The lowest BCUT2D eigenvalue weighted by Crippen LogP contribution is -2.42. The quantitative estimate of drug-likeness (QED) is 0.739. The van der Waals surface area contributed by atoms with E-state index in [4.69, 9.17) is 5.73 Å². The minimum Gasteiger partial charge on any atom is -0.465 e. The van der Waals surface area contributed by atoms with Gasteiger partial charge in [-0.05, 0) is 36.1 Å². The van der Waals surface area contributed by atoms with Crippen LogP contribution in [0.25, 0.3) is 0 Å². The monoisotopic (exact) mass is 362 g/mol. The van der Waals surface area contributed by atoms with Crippen molar-refractivity contribution in [3.63, 3.8) is 0 Å². The molecular formula is C19H23ClN2O3. The van der Waals surface area contributed by atoms with Crippen LogP contribution in [0.3, 0.4) is 0 Å². The van der Waals surface area contributed by atoms with Crippen LogP contribution in [0.4, 0.5) is 0 Å². The first-order valence-electron chi connectivity index (χ1n) is 7.84. The van der Waals surface area contributed by atoms with Crippen molar-refractivity contribution in [1.82, 2.24) is 5.32 Å². The number of methoxy groups -OCH3 is 1. The van der Waals surface area contributed by atoms with E-state index in [2.05, 4.69) is 10.1 Å². The van der Waals surface area contributed by atoms with Crippen molar-refractivity contribution in [3.05, 3.63) is 71.3 Å². The number of hydrogen-bond acceptors (Lipinski definition) is 4. The van der Waals surface area contributed by atoms with E-state index in [0.29, 0.717) is 24.9 Å². The van der Waals surface area contributed by atoms with Crippen molar-refractivity contribution in [2.24, 2.45) is 5.73 Å². The summed E-state index contributed by atoms with van der Waals surface area (Å²) in [7, 11) is 1.35. The zero-order valence-electron chi connectivity index (χ0n) is 14.1. The van der Waals surface area contributed by atoms with Gasteiger partial charge in [0.1, 0.15) is 0 Å². The third kappa shape index (κ3) is 6.57. The predicted molar refractivity (Wildman–Crippen MR) is 99.9 cm³/mol. The number of nitrogens with one attached hydrogen (secondary N) is 1. The summed E-state index contributed by atoms with van der Waals surface area (Å²) in [5.41, 5.74) is 8.51. The molecule has 1 amide bonds. The van der Waals surface area contributed by atoms with Crippen LogP contribution in [0.2, 0.25) is 0 Å². The fourth-order valence-electron chi connectivity index (χ4n) is 2.35. The summed E-state index contributed by atoms with van der Waals surface area (Å²) >= 11 is 0. The van der Waals surface area contributed by atoms with E-state index >= 15 is 0 Å². The van der Waals surface area contributed by atoms with Gasteiger partial charge in [-0.2, -0.15) is 0 Å². The van der Waals surface area contributed by atoms with Crippen LogP contribution in [0.5, 0.6) is 0 Å². The van der Waals surface area contributed by atoms with E-state index < -0.39 is 6.04 Å². The minimum absolute atomic E-state index is 0. The van der Waals surface area contributed by atoms with Crippen molar-refractivity contribution in [2.75, 3.05) is 13.7 Å². The highest BCUT2D eigenvalue weighted by atomic mass is 35.5. The summed E-state index contributed by atoms with van der Waals surface area (Å²) in [5, 5.41) is 2.84. The Morgan fingerprint density at radius 1 is 1.04 bits per heavy atom. The molecule has 134 valence electrons. The lowest BCUT2D eigenvalue weighted by molar-refractivity contribution is -0.122. The van der Waals surface area contributed by atoms with Crippen molar-refractivity contribution < 1.29 is 14.3 Å². The van der Waals surface area contributed by atoms with Gasteiger partial charge in [-0.15, -0.1) is 12.4 Å². The van der Waals surface area contributed by atoms with Gasteiger partial charge in [-0.3, -0.25) is 4.79 Å². The van der Waals surface area contributed by atoms with Crippen molar-refractivity contribution in [2.45, 2.75) is 18.9 Å². The number of carbonyl (C=O) groups excluding carboxylic acids is 2. The van der Waals surface area contributed by atoms with Crippen LogP contribution in [0.1, 0.15) is 21.5 Å². The SMILES string of the molecule is COC(=O)c1ccc(CCNC(=O)[C@@H](N)Cc2ccccc2)cc1.Cl. The van der Waals surface area contributed by atoms with Crippen LogP contribution < -0.4 is 11.1 Å². The average molecular weight is 363 g/mol. The maximum absolute atomic E-state index is 12.0. The van der Waals surface area contributed by atoms with E-state index in [-0.39, 0.29) is 24.3 Å². The highest BCUT2D eigenvalue weighted by Crippen LogP contribution is 2.06. The molecule has 0 saturated carbocycles. The Hall–Kier alpha value is -2.37. The second-order valence-corrected chi connectivity index (χ2v) is 5.53. The number of benzene rings is 2. The molecule has 5 nitrogen and oxygen atoms in total. The molecule has 1 atom stereocenters. The van der Waals surface area contributed by atoms with Gasteiger partial charge in [-0.1, -0.05) is 42.5 Å². The molecule has 2 aromatic rings. The topological polar surface area (TPSA) is 81.4 Å². The fourth-order valence-corrected chi connectivity index (χ4v) is 2.35. The Labute approximate surface area is 154 Å². The zero-order chi connectivity index (χ0) is 17.4. The Bertz CT molecular complexity index is 675. The summed E-state index contributed by atoms with van der Waals surface area (Å²) in [6, 6.07) is 16.3. The molecule has 0 heterocycles. The molecule has 0 aliphatic rings. The zero-order valence-corrected chi connectivity index (χ0v) is 14.9. The van der Waals surface area contributed by atoms with Gasteiger partial charge in [0.05, 0.1) is 18.7 Å². The molecule has 25 heavy (non-hydrogen) atoms. The highest BCUT2D eigenvalue weighted by Gasteiger charge is 2.13. The molecule has 0 bridgehead atoms. The first kappa shape index (κ1) is 20.7. The molecule has 0 aliphatic carbocycles. The van der Waals surface area contributed by atoms with Gasteiger partial charge in [-0.25, -0.2) is 4.79 Å². The summed E-state index contributed by atoms with van der Waals surface area (Å²) < 4.78 is 4.65. The van der Waals surface area contributed by atoms with E-state index in [9.17, 15) is 9.59 Å². The predicted octanol–water partition coefficient (Wildman–Crippen LogP) is 2.12. The van der Waals surface area contributed by atoms with E-state index in [1.807, 2.05) is 42.5 Å². The molecule has 0 aromatic heterocycles. The summed E-state index contributed by atoms with van der Waals surface area (Å²) in [6.07, 6.45) is 1.19. The smallest absolute Gasteiger partial charge is 0.337 e. The number of rotatable bonds is 7. The largest absolute Gasteiger partial charge is 0.465 e. The molecule has 0 spiro atoms.